The summed E-state index contributed by atoms with van der Waals surface area (Å²) in [6.07, 6.45) is 0. The number of aryl methyl sites for hydroxylation is 1. The summed E-state index contributed by atoms with van der Waals surface area (Å²) in [5.74, 6) is 1.11. The van der Waals surface area contributed by atoms with Gasteiger partial charge in [-0.2, -0.15) is 0 Å². The number of halogens is 1. The van der Waals surface area contributed by atoms with Gasteiger partial charge < -0.3 is 20.1 Å². The van der Waals surface area contributed by atoms with Crippen LogP contribution in [-0.2, 0) is 0 Å². The SMILES string of the molecule is COc1ccc2c(NC(=O)Nc3cccc(Cl)c3OC)cc(C)nc2c1. The second-order valence-corrected chi connectivity index (χ2v) is 6.00. The van der Waals surface area contributed by atoms with Crippen LogP contribution in [0.3, 0.4) is 0 Å². The lowest BCUT2D eigenvalue weighted by molar-refractivity contribution is 0.262. The fourth-order valence-electron chi connectivity index (χ4n) is 2.66. The van der Waals surface area contributed by atoms with Crippen LogP contribution in [0.2, 0.25) is 5.02 Å². The van der Waals surface area contributed by atoms with Crippen LogP contribution in [-0.4, -0.2) is 25.2 Å². The summed E-state index contributed by atoms with van der Waals surface area (Å²) < 4.78 is 10.5. The first kappa shape index (κ1) is 17.8. The summed E-state index contributed by atoms with van der Waals surface area (Å²) in [5.41, 5.74) is 2.64. The van der Waals surface area contributed by atoms with Gasteiger partial charge in [-0.3, -0.25) is 4.98 Å². The van der Waals surface area contributed by atoms with Crippen molar-refractivity contribution in [2.45, 2.75) is 6.92 Å². The zero-order chi connectivity index (χ0) is 18.7. The molecule has 0 saturated heterocycles. The summed E-state index contributed by atoms with van der Waals surface area (Å²) in [6.45, 7) is 1.86. The quantitative estimate of drug-likeness (QED) is 0.687. The highest BCUT2D eigenvalue weighted by Crippen LogP contribution is 2.33. The van der Waals surface area contributed by atoms with E-state index in [0.29, 0.717) is 27.9 Å². The molecule has 0 aliphatic carbocycles. The average molecular weight is 372 g/mol. The molecular weight excluding hydrogens is 354 g/mol. The van der Waals surface area contributed by atoms with E-state index in [-0.39, 0.29) is 0 Å². The van der Waals surface area contributed by atoms with Crippen LogP contribution < -0.4 is 20.1 Å². The van der Waals surface area contributed by atoms with Gasteiger partial charge in [0.15, 0.2) is 5.75 Å². The molecule has 6 nitrogen and oxygen atoms in total. The number of hydrogen-bond acceptors (Lipinski definition) is 4. The number of hydrogen-bond donors (Lipinski definition) is 2. The van der Waals surface area contributed by atoms with E-state index in [1.165, 1.54) is 7.11 Å². The summed E-state index contributed by atoms with van der Waals surface area (Å²) in [7, 11) is 3.10. The summed E-state index contributed by atoms with van der Waals surface area (Å²) >= 11 is 6.08. The van der Waals surface area contributed by atoms with E-state index in [9.17, 15) is 4.79 Å². The molecule has 0 fully saturated rings. The lowest BCUT2D eigenvalue weighted by atomic mass is 10.1. The molecule has 2 aromatic carbocycles. The average Bonchev–Trinajstić information content (AvgIpc) is 2.61. The van der Waals surface area contributed by atoms with Gasteiger partial charge >= 0.3 is 6.03 Å². The largest absolute Gasteiger partial charge is 0.497 e. The number of anilines is 2. The highest BCUT2D eigenvalue weighted by molar-refractivity contribution is 6.32. The van der Waals surface area contributed by atoms with Gasteiger partial charge in [-0.25, -0.2) is 4.79 Å². The standard InChI is InChI=1S/C19H18ClN3O3/c1-11-9-16(13-8-7-12(25-2)10-17(13)21-11)23-19(24)22-15-6-4-5-14(20)18(15)26-3/h4-10H,1-3H3,(H2,21,22,23,24). The number of ether oxygens (including phenoxy) is 2. The summed E-state index contributed by atoms with van der Waals surface area (Å²) in [5, 5.41) is 6.83. The maximum Gasteiger partial charge on any atom is 0.323 e. The van der Waals surface area contributed by atoms with Gasteiger partial charge in [-0.15, -0.1) is 0 Å². The van der Waals surface area contributed by atoms with Crippen molar-refractivity contribution in [1.29, 1.82) is 0 Å². The number of para-hydroxylation sites is 1. The molecule has 0 radical (unpaired) electrons. The number of nitrogens with zero attached hydrogens (tertiary/aromatic N) is 1. The van der Waals surface area contributed by atoms with E-state index in [4.69, 9.17) is 21.1 Å². The minimum Gasteiger partial charge on any atom is -0.497 e. The van der Waals surface area contributed by atoms with Gasteiger partial charge in [0.25, 0.3) is 0 Å². The lowest BCUT2D eigenvalue weighted by Crippen LogP contribution is -2.20. The lowest BCUT2D eigenvalue weighted by Gasteiger charge is -2.14. The Morgan fingerprint density at radius 1 is 1.04 bits per heavy atom. The van der Waals surface area contributed by atoms with Gasteiger partial charge in [-0.05, 0) is 37.3 Å². The Hall–Kier alpha value is -2.99. The molecule has 3 aromatic rings. The van der Waals surface area contributed by atoms with Crippen molar-refractivity contribution >= 4 is 39.9 Å². The number of aromatic nitrogens is 1. The van der Waals surface area contributed by atoms with Crippen LogP contribution >= 0.6 is 11.6 Å². The number of carbonyl (C=O) groups is 1. The number of rotatable bonds is 4. The second-order valence-electron chi connectivity index (χ2n) is 5.59. The van der Waals surface area contributed by atoms with E-state index >= 15 is 0 Å². The number of carbonyl (C=O) groups excluding carboxylic acids is 1. The van der Waals surface area contributed by atoms with Gasteiger partial charge in [-0.1, -0.05) is 17.7 Å². The number of benzene rings is 2. The Morgan fingerprint density at radius 3 is 2.54 bits per heavy atom. The van der Waals surface area contributed by atoms with E-state index in [1.807, 2.05) is 31.2 Å². The Bertz CT molecular complexity index is 976. The van der Waals surface area contributed by atoms with E-state index in [2.05, 4.69) is 15.6 Å². The number of urea groups is 1. The maximum absolute atomic E-state index is 12.5. The number of fused-ring (bicyclic) bond motifs is 1. The summed E-state index contributed by atoms with van der Waals surface area (Å²) in [4.78, 5) is 17.0. The molecule has 0 bridgehead atoms. The van der Waals surface area contributed by atoms with Crippen molar-refractivity contribution in [2.75, 3.05) is 24.9 Å². The zero-order valence-corrected chi connectivity index (χ0v) is 15.3. The first-order valence-corrected chi connectivity index (χ1v) is 8.25. The van der Waals surface area contributed by atoms with Crippen molar-refractivity contribution in [3.05, 3.63) is 53.2 Å². The van der Waals surface area contributed by atoms with E-state index < -0.39 is 6.03 Å². The predicted octanol–water partition coefficient (Wildman–Crippen LogP) is 4.86. The van der Waals surface area contributed by atoms with Gasteiger partial charge in [0, 0.05) is 17.1 Å². The van der Waals surface area contributed by atoms with Crippen molar-refractivity contribution in [3.63, 3.8) is 0 Å². The minimum absolute atomic E-state index is 0.407. The first-order valence-electron chi connectivity index (χ1n) is 7.87. The number of nitrogens with one attached hydrogen (secondary N) is 2. The zero-order valence-electron chi connectivity index (χ0n) is 14.6. The number of pyridine rings is 1. The van der Waals surface area contributed by atoms with E-state index in [0.717, 1.165) is 16.6 Å². The molecule has 26 heavy (non-hydrogen) atoms. The van der Waals surface area contributed by atoms with Crippen LogP contribution in [0.5, 0.6) is 11.5 Å². The van der Waals surface area contributed by atoms with Crippen LogP contribution in [0.4, 0.5) is 16.2 Å². The highest BCUT2D eigenvalue weighted by Gasteiger charge is 2.12. The van der Waals surface area contributed by atoms with Crippen LogP contribution in [0.15, 0.2) is 42.5 Å². The Labute approximate surface area is 156 Å². The third-order valence-corrected chi connectivity index (χ3v) is 4.11. The van der Waals surface area contributed by atoms with Crippen molar-refractivity contribution in [3.8, 4) is 11.5 Å². The Kier molecular flexibility index (Phi) is 5.14. The monoisotopic (exact) mass is 371 g/mol. The van der Waals surface area contributed by atoms with Crippen molar-refractivity contribution in [1.82, 2.24) is 4.98 Å². The van der Waals surface area contributed by atoms with Crippen molar-refractivity contribution < 1.29 is 14.3 Å². The molecule has 134 valence electrons. The first-order chi connectivity index (χ1) is 12.5. The molecule has 0 spiro atoms. The van der Waals surface area contributed by atoms with Gasteiger partial charge in [0.05, 0.1) is 36.1 Å². The van der Waals surface area contributed by atoms with Crippen LogP contribution in [0.1, 0.15) is 5.69 Å². The van der Waals surface area contributed by atoms with Crippen LogP contribution in [0, 0.1) is 6.92 Å². The number of methoxy groups -OCH3 is 2. The van der Waals surface area contributed by atoms with Gasteiger partial charge in [0.1, 0.15) is 5.75 Å². The molecule has 0 atom stereocenters. The van der Waals surface area contributed by atoms with Gasteiger partial charge in [0.2, 0.25) is 0 Å². The highest BCUT2D eigenvalue weighted by atomic mass is 35.5. The van der Waals surface area contributed by atoms with E-state index in [1.54, 1.807) is 25.3 Å². The normalized spacial score (nSPS) is 10.5. The molecule has 2 N–H and O–H groups in total. The molecule has 1 heterocycles. The molecule has 0 unspecified atom stereocenters. The fourth-order valence-corrected chi connectivity index (χ4v) is 2.91. The summed E-state index contributed by atoms with van der Waals surface area (Å²) in [6, 6.07) is 12.0. The third kappa shape index (κ3) is 3.65. The second kappa shape index (κ2) is 7.49. The molecule has 0 aliphatic heterocycles. The molecule has 2 amide bonds. The topological polar surface area (TPSA) is 72.5 Å². The molecule has 1 aromatic heterocycles. The Balaban J connectivity index is 1.89. The molecule has 0 saturated carbocycles. The molecule has 3 rings (SSSR count). The Morgan fingerprint density at radius 2 is 1.81 bits per heavy atom. The number of amides is 2. The maximum atomic E-state index is 12.5. The molecule has 7 heteroatoms. The minimum atomic E-state index is -0.409. The smallest absolute Gasteiger partial charge is 0.323 e. The fraction of sp³-hybridized carbons (Fsp3) is 0.158. The van der Waals surface area contributed by atoms with Crippen LogP contribution in [0.25, 0.3) is 10.9 Å². The van der Waals surface area contributed by atoms with Crippen molar-refractivity contribution in [2.24, 2.45) is 0 Å². The molecular formula is C19H18ClN3O3. The third-order valence-electron chi connectivity index (χ3n) is 3.81. The molecule has 0 aliphatic rings. The predicted molar refractivity (Wildman–Crippen MR) is 104 cm³/mol.